The molecule has 0 amide bonds. The standard InChI is InChI=1S/C18H19NO3/c1-19-8-5-11-9-14(21)17(22-2)16-15(11)13(19)10-18(16)6-3-12(20)4-7-18/h3-4,6-7,9,13,21H,5,8,10H2,1-2H3/t13-/m0/s1. The molecule has 4 nitrogen and oxygen atoms in total. The number of ether oxygens (including phenoxy) is 1. The van der Waals surface area contributed by atoms with Crippen molar-refractivity contribution in [3.05, 3.63) is 47.1 Å². The van der Waals surface area contributed by atoms with Gasteiger partial charge >= 0.3 is 0 Å². The van der Waals surface area contributed by atoms with Gasteiger partial charge in [-0.25, -0.2) is 0 Å². The summed E-state index contributed by atoms with van der Waals surface area (Å²) in [6.07, 6.45) is 9.01. The van der Waals surface area contributed by atoms with Gasteiger partial charge in [0, 0.05) is 23.6 Å². The van der Waals surface area contributed by atoms with Crippen molar-refractivity contribution in [1.29, 1.82) is 0 Å². The number of rotatable bonds is 1. The molecule has 1 aromatic carbocycles. The Balaban J connectivity index is 2.02. The van der Waals surface area contributed by atoms with Gasteiger partial charge in [0.15, 0.2) is 17.3 Å². The van der Waals surface area contributed by atoms with Crippen LogP contribution in [0.4, 0.5) is 0 Å². The number of ketones is 1. The van der Waals surface area contributed by atoms with Crippen LogP contribution in [0.3, 0.4) is 0 Å². The Kier molecular flexibility index (Phi) is 2.76. The van der Waals surface area contributed by atoms with Crippen LogP contribution in [0.1, 0.15) is 29.2 Å². The summed E-state index contributed by atoms with van der Waals surface area (Å²) in [5.74, 6) is 0.748. The van der Waals surface area contributed by atoms with Crippen LogP contribution < -0.4 is 4.74 Å². The van der Waals surface area contributed by atoms with Gasteiger partial charge in [-0.15, -0.1) is 0 Å². The molecule has 0 radical (unpaired) electrons. The number of carbonyl (C=O) groups is 1. The Bertz CT molecular complexity index is 716. The summed E-state index contributed by atoms with van der Waals surface area (Å²) in [6, 6.07) is 2.15. The highest BCUT2D eigenvalue weighted by Gasteiger charge is 2.48. The lowest BCUT2D eigenvalue weighted by Crippen LogP contribution is -2.31. The molecule has 0 aromatic heterocycles. The Morgan fingerprint density at radius 1 is 1.36 bits per heavy atom. The number of hydrogen-bond donors (Lipinski definition) is 1. The van der Waals surface area contributed by atoms with Crippen molar-refractivity contribution in [2.45, 2.75) is 24.3 Å². The van der Waals surface area contributed by atoms with Gasteiger partial charge in [0.2, 0.25) is 0 Å². The molecule has 22 heavy (non-hydrogen) atoms. The number of carbonyl (C=O) groups excluding carboxylic acids is 1. The molecule has 4 heteroatoms. The average molecular weight is 297 g/mol. The fourth-order valence-electron chi connectivity index (χ4n) is 4.20. The molecule has 1 aromatic rings. The summed E-state index contributed by atoms with van der Waals surface area (Å²) in [4.78, 5) is 13.9. The Morgan fingerprint density at radius 3 is 2.77 bits per heavy atom. The van der Waals surface area contributed by atoms with Crippen molar-refractivity contribution in [2.24, 2.45) is 0 Å². The molecule has 0 bridgehead atoms. The molecule has 3 aliphatic rings. The zero-order valence-electron chi connectivity index (χ0n) is 12.8. The fraction of sp³-hybridized carbons (Fsp3) is 0.389. The largest absolute Gasteiger partial charge is 0.504 e. The first-order valence-corrected chi connectivity index (χ1v) is 7.61. The van der Waals surface area contributed by atoms with Crippen molar-refractivity contribution in [2.75, 3.05) is 20.7 Å². The summed E-state index contributed by atoms with van der Waals surface area (Å²) in [6.45, 7) is 0.977. The van der Waals surface area contributed by atoms with E-state index in [0.717, 1.165) is 24.9 Å². The zero-order valence-corrected chi connectivity index (χ0v) is 12.8. The van der Waals surface area contributed by atoms with Crippen molar-refractivity contribution in [3.63, 3.8) is 0 Å². The molecule has 4 rings (SSSR count). The third kappa shape index (κ3) is 1.64. The quantitative estimate of drug-likeness (QED) is 0.864. The van der Waals surface area contributed by atoms with E-state index >= 15 is 0 Å². The molecule has 0 saturated carbocycles. The summed E-state index contributed by atoms with van der Waals surface area (Å²) >= 11 is 0. The van der Waals surface area contributed by atoms with E-state index in [0.29, 0.717) is 11.8 Å². The highest BCUT2D eigenvalue weighted by atomic mass is 16.5. The molecule has 1 heterocycles. The third-order valence-electron chi connectivity index (χ3n) is 5.28. The number of allylic oxidation sites excluding steroid dienone is 4. The van der Waals surface area contributed by atoms with Gasteiger partial charge in [0.05, 0.1) is 7.11 Å². The maximum absolute atomic E-state index is 11.6. The molecular weight excluding hydrogens is 278 g/mol. The number of hydrogen-bond acceptors (Lipinski definition) is 4. The van der Waals surface area contributed by atoms with Crippen LogP contribution in [0.15, 0.2) is 30.4 Å². The molecule has 1 aliphatic heterocycles. The summed E-state index contributed by atoms with van der Waals surface area (Å²) in [7, 11) is 3.73. The first-order valence-electron chi connectivity index (χ1n) is 7.61. The first kappa shape index (κ1) is 13.6. The zero-order chi connectivity index (χ0) is 15.5. The number of methoxy groups -OCH3 is 1. The molecule has 2 aliphatic carbocycles. The summed E-state index contributed by atoms with van der Waals surface area (Å²) in [5, 5.41) is 10.4. The van der Waals surface area contributed by atoms with Crippen LogP contribution in [-0.4, -0.2) is 36.5 Å². The van der Waals surface area contributed by atoms with Gasteiger partial charge in [-0.2, -0.15) is 0 Å². The lowest BCUT2D eigenvalue weighted by molar-refractivity contribution is -0.110. The molecular formula is C18H19NO3. The van der Waals surface area contributed by atoms with Crippen LogP contribution >= 0.6 is 0 Å². The van der Waals surface area contributed by atoms with E-state index in [1.165, 1.54) is 11.1 Å². The lowest BCUT2D eigenvalue weighted by atomic mass is 9.77. The SMILES string of the molecule is COc1c(O)cc2c3c1C1(C=CC(=O)C=C1)C[C@@H]3N(C)CC2. The summed E-state index contributed by atoms with van der Waals surface area (Å²) < 4.78 is 5.53. The van der Waals surface area contributed by atoms with Gasteiger partial charge in [0.1, 0.15) is 0 Å². The molecule has 114 valence electrons. The number of likely N-dealkylation sites (N-methyl/N-ethyl adjacent to an activating group) is 1. The van der Waals surface area contributed by atoms with E-state index in [4.69, 9.17) is 4.74 Å². The van der Waals surface area contributed by atoms with Crippen LogP contribution in [-0.2, 0) is 16.6 Å². The van der Waals surface area contributed by atoms with Gasteiger partial charge in [-0.05, 0) is 49.2 Å². The van der Waals surface area contributed by atoms with Crippen molar-refractivity contribution in [3.8, 4) is 11.5 Å². The molecule has 0 unspecified atom stereocenters. The predicted molar refractivity (Wildman–Crippen MR) is 83.3 cm³/mol. The van der Waals surface area contributed by atoms with Crippen LogP contribution in [0.25, 0.3) is 0 Å². The second-order valence-electron chi connectivity index (χ2n) is 6.44. The number of benzene rings is 1. The minimum atomic E-state index is -0.356. The molecule has 0 fully saturated rings. The van der Waals surface area contributed by atoms with Crippen LogP contribution in [0.5, 0.6) is 11.5 Å². The van der Waals surface area contributed by atoms with Crippen molar-refractivity contribution >= 4 is 5.78 Å². The normalized spacial score (nSPS) is 24.8. The van der Waals surface area contributed by atoms with Crippen LogP contribution in [0, 0.1) is 0 Å². The van der Waals surface area contributed by atoms with E-state index in [1.54, 1.807) is 19.3 Å². The number of phenols is 1. The lowest BCUT2D eigenvalue weighted by Gasteiger charge is -2.32. The van der Waals surface area contributed by atoms with Gasteiger partial charge in [-0.1, -0.05) is 12.2 Å². The summed E-state index contributed by atoms with van der Waals surface area (Å²) in [5.41, 5.74) is 3.14. The second kappa shape index (κ2) is 4.46. The first-order chi connectivity index (χ1) is 10.6. The van der Waals surface area contributed by atoms with Crippen LogP contribution in [0.2, 0.25) is 0 Å². The number of phenolic OH excluding ortho intramolecular Hbond substituents is 1. The maximum atomic E-state index is 11.6. The molecule has 1 N–H and O–H groups in total. The topological polar surface area (TPSA) is 49.8 Å². The minimum absolute atomic E-state index is 0.0122. The van der Waals surface area contributed by atoms with E-state index in [9.17, 15) is 9.90 Å². The third-order valence-corrected chi connectivity index (χ3v) is 5.28. The molecule has 1 spiro atoms. The van der Waals surface area contributed by atoms with Crippen molar-refractivity contribution in [1.82, 2.24) is 4.90 Å². The number of nitrogens with zero attached hydrogens (tertiary/aromatic N) is 1. The Labute approximate surface area is 129 Å². The number of aromatic hydroxyl groups is 1. The second-order valence-corrected chi connectivity index (χ2v) is 6.44. The maximum Gasteiger partial charge on any atom is 0.178 e. The van der Waals surface area contributed by atoms with Gasteiger partial charge in [0.25, 0.3) is 0 Å². The smallest absolute Gasteiger partial charge is 0.178 e. The Hall–Kier alpha value is -2.07. The Morgan fingerprint density at radius 2 is 2.09 bits per heavy atom. The van der Waals surface area contributed by atoms with Gasteiger partial charge < -0.3 is 9.84 Å². The highest BCUT2D eigenvalue weighted by Crippen LogP contribution is 2.57. The van der Waals surface area contributed by atoms with E-state index in [1.807, 2.05) is 18.2 Å². The monoisotopic (exact) mass is 297 g/mol. The van der Waals surface area contributed by atoms with E-state index < -0.39 is 0 Å². The predicted octanol–water partition coefficient (Wildman–Crippen LogP) is 2.27. The average Bonchev–Trinajstić information content (AvgIpc) is 2.83. The van der Waals surface area contributed by atoms with E-state index in [2.05, 4.69) is 11.9 Å². The van der Waals surface area contributed by atoms with Crippen molar-refractivity contribution < 1.29 is 14.6 Å². The van der Waals surface area contributed by atoms with E-state index in [-0.39, 0.29) is 16.9 Å². The number of fused-ring (bicyclic) bond motifs is 1. The minimum Gasteiger partial charge on any atom is -0.504 e. The molecule has 1 atom stereocenters. The fourth-order valence-corrected chi connectivity index (χ4v) is 4.20. The molecule has 0 saturated heterocycles. The van der Waals surface area contributed by atoms with Gasteiger partial charge in [-0.3, -0.25) is 9.69 Å². The highest BCUT2D eigenvalue weighted by molar-refractivity contribution is 6.01.